The molecule has 0 aromatic heterocycles. The Morgan fingerprint density at radius 1 is 1.04 bits per heavy atom. The third-order valence-corrected chi connectivity index (χ3v) is 5.50. The number of carbonyl (C=O) groups excluding carboxylic acids is 1. The molecule has 2 atom stereocenters. The lowest BCUT2D eigenvalue weighted by molar-refractivity contribution is 0.0933. The van der Waals surface area contributed by atoms with Crippen molar-refractivity contribution in [2.45, 2.75) is 71.6 Å². The summed E-state index contributed by atoms with van der Waals surface area (Å²) in [6.07, 6.45) is 11.3. The van der Waals surface area contributed by atoms with Gasteiger partial charge in [-0.1, -0.05) is 58.8 Å². The van der Waals surface area contributed by atoms with E-state index < -0.39 is 0 Å². The Balaban J connectivity index is 1.74. The highest BCUT2D eigenvalue weighted by Gasteiger charge is 2.23. The van der Waals surface area contributed by atoms with E-state index >= 15 is 0 Å². The van der Waals surface area contributed by atoms with Gasteiger partial charge in [-0.15, -0.1) is 0 Å². The van der Waals surface area contributed by atoms with Crippen molar-refractivity contribution in [3.63, 3.8) is 0 Å². The lowest BCUT2D eigenvalue weighted by Crippen LogP contribution is -2.34. The molecule has 140 valence electrons. The Hall–Kier alpha value is -1.51. The molecule has 2 rings (SSSR count). The Labute approximate surface area is 153 Å². The fourth-order valence-electron chi connectivity index (χ4n) is 3.84. The highest BCUT2D eigenvalue weighted by molar-refractivity contribution is 5.94. The molecule has 0 radical (unpaired) electrons. The zero-order valence-corrected chi connectivity index (χ0v) is 16.1. The average Bonchev–Trinajstić information content (AvgIpc) is 2.66. The zero-order valence-electron chi connectivity index (χ0n) is 16.1. The number of benzene rings is 1. The number of hydrogen-bond donors (Lipinski definition) is 1. The van der Waals surface area contributed by atoms with Crippen molar-refractivity contribution in [3.05, 3.63) is 29.8 Å². The van der Waals surface area contributed by atoms with Crippen LogP contribution in [0.5, 0.6) is 5.75 Å². The molecule has 0 heterocycles. The van der Waals surface area contributed by atoms with Crippen LogP contribution in [0.2, 0.25) is 0 Å². The van der Waals surface area contributed by atoms with Gasteiger partial charge in [-0.3, -0.25) is 4.79 Å². The number of rotatable bonds is 10. The minimum atomic E-state index is 0.0370. The maximum absolute atomic E-state index is 12.4. The quantitative estimate of drug-likeness (QED) is 0.561. The number of hydrogen-bond acceptors (Lipinski definition) is 2. The Morgan fingerprint density at radius 3 is 2.44 bits per heavy atom. The normalized spacial score (nSPS) is 20.2. The molecule has 0 aliphatic heterocycles. The van der Waals surface area contributed by atoms with Crippen LogP contribution < -0.4 is 10.1 Å². The van der Waals surface area contributed by atoms with E-state index in [2.05, 4.69) is 19.2 Å². The predicted octanol–water partition coefficient (Wildman–Crippen LogP) is 5.59. The minimum absolute atomic E-state index is 0.0370. The molecule has 2 unspecified atom stereocenters. The minimum Gasteiger partial charge on any atom is -0.494 e. The van der Waals surface area contributed by atoms with E-state index in [0.29, 0.717) is 5.92 Å². The van der Waals surface area contributed by atoms with Crippen LogP contribution in [0.25, 0.3) is 0 Å². The van der Waals surface area contributed by atoms with Crippen molar-refractivity contribution in [1.29, 1.82) is 0 Å². The third-order valence-electron chi connectivity index (χ3n) is 5.50. The van der Waals surface area contributed by atoms with Crippen molar-refractivity contribution in [1.82, 2.24) is 5.32 Å². The first kappa shape index (κ1) is 19.8. The van der Waals surface area contributed by atoms with Crippen LogP contribution in [0.1, 0.15) is 82.0 Å². The van der Waals surface area contributed by atoms with Crippen molar-refractivity contribution in [2.75, 3.05) is 13.2 Å². The molecule has 1 saturated carbocycles. The molecule has 1 aliphatic rings. The average molecular weight is 346 g/mol. The van der Waals surface area contributed by atoms with Crippen LogP contribution in [0.15, 0.2) is 24.3 Å². The fourth-order valence-corrected chi connectivity index (χ4v) is 3.84. The first-order valence-electron chi connectivity index (χ1n) is 10.3. The summed E-state index contributed by atoms with van der Waals surface area (Å²) in [4.78, 5) is 12.4. The van der Waals surface area contributed by atoms with E-state index in [1.807, 2.05) is 24.3 Å². The topological polar surface area (TPSA) is 38.3 Å². The first-order valence-corrected chi connectivity index (χ1v) is 10.3. The lowest BCUT2D eigenvalue weighted by Gasteiger charge is -2.30. The van der Waals surface area contributed by atoms with Crippen LogP contribution in [0.4, 0.5) is 0 Å². The Morgan fingerprint density at radius 2 is 1.76 bits per heavy atom. The van der Waals surface area contributed by atoms with E-state index in [9.17, 15) is 4.79 Å². The second kappa shape index (κ2) is 11.2. The molecule has 3 heteroatoms. The number of amides is 1. The van der Waals surface area contributed by atoms with Crippen LogP contribution in [0.3, 0.4) is 0 Å². The molecular formula is C22H35NO2. The third kappa shape index (κ3) is 6.72. The maximum atomic E-state index is 12.4. The van der Waals surface area contributed by atoms with Gasteiger partial charge < -0.3 is 10.1 Å². The summed E-state index contributed by atoms with van der Waals surface area (Å²) in [5, 5.41) is 3.14. The molecule has 0 saturated heterocycles. The van der Waals surface area contributed by atoms with Crippen LogP contribution in [-0.4, -0.2) is 19.1 Å². The van der Waals surface area contributed by atoms with Gasteiger partial charge in [0.25, 0.3) is 5.91 Å². The summed E-state index contributed by atoms with van der Waals surface area (Å²) in [6, 6.07) is 7.55. The van der Waals surface area contributed by atoms with Crippen molar-refractivity contribution in [2.24, 2.45) is 11.8 Å². The van der Waals surface area contributed by atoms with E-state index in [1.165, 1.54) is 51.4 Å². The van der Waals surface area contributed by atoms with Gasteiger partial charge in [-0.2, -0.15) is 0 Å². The van der Waals surface area contributed by atoms with Crippen LogP contribution in [0, 0.1) is 11.8 Å². The van der Waals surface area contributed by atoms with Gasteiger partial charge in [0.2, 0.25) is 0 Å². The van der Waals surface area contributed by atoms with Crippen molar-refractivity contribution >= 4 is 5.91 Å². The van der Waals surface area contributed by atoms with Gasteiger partial charge in [-0.05, 0) is 48.9 Å². The molecule has 0 spiro atoms. The highest BCUT2D eigenvalue weighted by atomic mass is 16.5. The Kier molecular flexibility index (Phi) is 8.85. The maximum Gasteiger partial charge on any atom is 0.251 e. The predicted molar refractivity (Wildman–Crippen MR) is 104 cm³/mol. The number of carbonyl (C=O) groups is 1. The standard InChI is InChI=1S/C22H35NO2/c1-3-5-6-9-16-25-21-14-12-19(13-15-21)22(24)23-17-20-11-8-7-10-18(20)4-2/h12-15,18,20H,3-11,16-17H2,1-2H3,(H,23,24). The molecule has 1 fully saturated rings. The molecule has 0 bridgehead atoms. The molecule has 1 aromatic carbocycles. The molecular weight excluding hydrogens is 310 g/mol. The molecule has 1 amide bonds. The van der Waals surface area contributed by atoms with Crippen molar-refractivity contribution in [3.8, 4) is 5.75 Å². The fraction of sp³-hybridized carbons (Fsp3) is 0.682. The zero-order chi connectivity index (χ0) is 17.9. The summed E-state index contributed by atoms with van der Waals surface area (Å²) in [5.41, 5.74) is 0.724. The van der Waals surface area contributed by atoms with E-state index in [4.69, 9.17) is 4.74 Å². The largest absolute Gasteiger partial charge is 0.494 e. The van der Waals surface area contributed by atoms with Gasteiger partial charge >= 0.3 is 0 Å². The smallest absolute Gasteiger partial charge is 0.251 e. The lowest BCUT2D eigenvalue weighted by atomic mass is 9.78. The molecule has 25 heavy (non-hydrogen) atoms. The first-order chi connectivity index (χ1) is 12.2. The number of nitrogens with one attached hydrogen (secondary N) is 1. The number of ether oxygens (including phenoxy) is 1. The van der Waals surface area contributed by atoms with Crippen molar-refractivity contribution < 1.29 is 9.53 Å². The summed E-state index contributed by atoms with van der Waals surface area (Å²) in [6.45, 7) is 6.05. The second-order valence-electron chi connectivity index (χ2n) is 7.36. The monoisotopic (exact) mass is 345 g/mol. The van der Waals surface area contributed by atoms with Gasteiger partial charge in [0.1, 0.15) is 5.75 Å². The Bertz CT molecular complexity index is 497. The highest BCUT2D eigenvalue weighted by Crippen LogP contribution is 2.31. The summed E-state index contributed by atoms with van der Waals surface area (Å²) in [7, 11) is 0. The molecule has 1 aliphatic carbocycles. The van der Waals surface area contributed by atoms with E-state index in [1.54, 1.807) is 0 Å². The summed E-state index contributed by atoms with van der Waals surface area (Å²) in [5.74, 6) is 2.31. The van der Waals surface area contributed by atoms with Gasteiger partial charge in [0, 0.05) is 12.1 Å². The molecule has 3 nitrogen and oxygen atoms in total. The van der Waals surface area contributed by atoms with Crippen LogP contribution >= 0.6 is 0 Å². The molecule has 1 N–H and O–H groups in total. The molecule has 1 aromatic rings. The van der Waals surface area contributed by atoms with Gasteiger partial charge in [0.05, 0.1) is 6.61 Å². The van der Waals surface area contributed by atoms with E-state index in [-0.39, 0.29) is 5.91 Å². The van der Waals surface area contributed by atoms with Crippen LogP contribution in [-0.2, 0) is 0 Å². The second-order valence-corrected chi connectivity index (χ2v) is 7.36. The SMILES string of the molecule is CCCCCCOc1ccc(C(=O)NCC2CCCCC2CC)cc1. The number of unbranched alkanes of at least 4 members (excludes halogenated alkanes) is 3. The van der Waals surface area contributed by atoms with E-state index in [0.717, 1.165) is 36.8 Å². The van der Waals surface area contributed by atoms with Gasteiger partial charge in [-0.25, -0.2) is 0 Å². The summed E-state index contributed by atoms with van der Waals surface area (Å²) >= 11 is 0. The van der Waals surface area contributed by atoms with Gasteiger partial charge in [0.15, 0.2) is 0 Å². The summed E-state index contributed by atoms with van der Waals surface area (Å²) < 4.78 is 5.74.